The third kappa shape index (κ3) is 3.25. The summed E-state index contributed by atoms with van der Waals surface area (Å²) < 4.78 is 36.8. The van der Waals surface area contributed by atoms with E-state index in [1.165, 1.54) is 17.7 Å². The van der Waals surface area contributed by atoms with Gasteiger partial charge in [-0.1, -0.05) is 30.3 Å². The van der Waals surface area contributed by atoms with Crippen LogP contribution in [0.25, 0.3) is 0 Å². The lowest BCUT2D eigenvalue weighted by Crippen LogP contribution is -2.13. The van der Waals surface area contributed by atoms with E-state index in [-0.39, 0.29) is 11.0 Å². The smallest absolute Gasteiger partial charge is 0.294 e. The zero-order valence-corrected chi connectivity index (χ0v) is 12.2. The van der Waals surface area contributed by atoms with E-state index in [1.54, 1.807) is 12.1 Å². The van der Waals surface area contributed by atoms with E-state index in [4.69, 9.17) is 9.29 Å². The SMILES string of the molecule is O=S(=O)(O)c1ccc(CCC2Cc3ccccc3O2)cc1. The Morgan fingerprint density at radius 3 is 2.48 bits per heavy atom. The molecule has 0 bridgehead atoms. The summed E-state index contributed by atoms with van der Waals surface area (Å²) in [6, 6.07) is 14.3. The molecule has 1 aliphatic heterocycles. The lowest BCUT2D eigenvalue weighted by molar-refractivity contribution is 0.222. The van der Waals surface area contributed by atoms with Crippen molar-refractivity contribution >= 4 is 10.1 Å². The summed E-state index contributed by atoms with van der Waals surface area (Å²) in [6.45, 7) is 0. The first kappa shape index (κ1) is 14.1. The Kier molecular flexibility index (Phi) is 3.69. The molecule has 1 unspecified atom stereocenters. The van der Waals surface area contributed by atoms with Crippen LogP contribution in [0.3, 0.4) is 0 Å². The molecule has 2 aromatic carbocycles. The number of benzene rings is 2. The number of aryl methyl sites for hydroxylation is 1. The molecule has 110 valence electrons. The van der Waals surface area contributed by atoms with Crippen LogP contribution < -0.4 is 4.74 Å². The van der Waals surface area contributed by atoms with Gasteiger partial charge in [0.15, 0.2) is 0 Å². The second kappa shape index (κ2) is 5.50. The van der Waals surface area contributed by atoms with Crippen LogP contribution in [0.1, 0.15) is 17.5 Å². The van der Waals surface area contributed by atoms with E-state index in [9.17, 15) is 8.42 Å². The van der Waals surface area contributed by atoms with Gasteiger partial charge in [0.2, 0.25) is 0 Å². The molecule has 0 radical (unpaired) electrons. The first-order valence-electron chi connectivity index (χ1n) is 6.83. The zero-order valence-electron chi connectivity index (χ0n) is 11.4. The molecular weight excluding hydrogens is 288 g/mol. The van der Waals surface area contributed by atoms with E-state index < -0.39 is 10.1 Å². The number of hydrogen-bond acceptors (Lipinski definition) is 3. The highest BCUT2D eigenvalue weighted by molar-refractivity contribution is 7.85. The lowest BCUT2D eigenvalue weighted by Gasteiger charge is -2.10. The maximum Gasteiger partial charge on any atom is 0.294 e. The minimum absolute atomic E-state index is 0.0734. The van der Waals surface area contributed by atoms with Crippen molar-refractivity contribution in [2.45, 2.75) is 30.3 Å². The number of para-hydroxylation sites is 1. The molecule has 1 atom stereocenters. The van der Waals surface area contributed by atoms with Crippen molar-refractivity contribution in [1.82, 2.24) is 0 Å². The van der Waals surface area contributed by atoms with Crippen LogP contribution in [0.15, 0.2) is 53.4 Å². The van der Waals surface area contributed by atoms with Crippen molar-refractivity contribution in [3.63, 3.8) is 0 Å². The average Bonchev–Trinajstić information content (AvgIpc) is 2.87. The fraction of sp³-hybridized carbons (Fsp3) is 0.250. The Bertz CT molecular complexity index is 710. The fourth-order valence-corrected chi connectivity index (χ4v) is 3.05. The van der Waals surface area contributed by atoms with Gasteiger partial charge in [-0.2, -0.15) is 8.42 Å². The molecule has 1 heterocycles. The van der Waals surface area contributed by atoms with Gasteiger partial charge >= 0.3 is 0 Å². The molecule has 1 aliphatic rings. The summed E-state index contributed by atoms with van der Waals surface area (Å²) in [5.74, 6) is 0.962. The van der Waals surface area contributed by atoms with Gasteiger partial charge in [-0.25, -0.2) is 0 Å². The van der Waals surface area contributed by atoms with Crippen molar-refractivity contribution in [3.8, 4) is 5.75 Å². The molecule has 0 aromatic heterocycles. The maximum atomic E-state index is 11.0. The van der Waals surface area contributed by atoms with E-state index in [0.717, 1.165) is 30.6 Å². The van der Waals surface area contributed by atoms with Gasteiger partial charge < -0.3 is 4.74 Å². The van der Waals surface area contributed by atoms with Crippen LogP contribution in [0.5, 0.6) is 5.75 Å². The van der Waals surface area contributed by atoms with E-state index in [2.05, 4.69) is 6.07 Å². The van der Waals surface area contributed by atoms with Crippen LogP contribution >= 0.6 is 0 Å². The highest BCUT2D eigenvalue weighted by atomic mass is 32.2. The van der Waals surface area contributed by atoms with Crippen LogP contribution in [0.4, 0.5) is 0 Å². The molecule has 4 nitrogen and oxygen atoms in total. The minimum atomic E-state index is -4.11. The van der Waals surface area contributed by atoms with E-state index >= 15 is 0 Å². The molecule has 21 heavy (non-hydrogen) atoms. The van der Waals surface area contributed by atoms with E-state index in [1.807, 2.05) is 18.2 Å². The van der Waals surface area contributed by atoms with Crippen LogP contribution in [-0.4, -0.2) is 19.1 Å². The van der Waals surface area contributed by atoms with Crippen LogP contribution in [0.2, 0.25) is 0 Å². The number of fused-ring (bicyclic) bond motifs is 1. The highest BCUT2D eigenvalue weighted by Crippen LogP contribution is 2.30. The van der Waals surface area contributed by atoms with Crippen molar-refractivity contribution in [3.05, 3.63) is 59.7 Å². The molecular formula is C16H16O4S. The van der Waals surface area contributed by atoms with Gasteiger partial charge in [0.25, 0.3) is 10.1 Å². The quantitative estimate of drug-likeness (QED) is 0.882. The number of hydrogen-bond donors (Lipinski definition) is 1. The monoisotopic (exact) mass is 304 g/mol. The summed E-state index contributed by atoms with van der Waals surface area (Å²) in [6.07, 6.45) is 2.77. The minimum Gasteiger partial charge on any atom is -0.490 e. The second-order valence-electron chi connectivity index (χ2n) is 5.21. The van der Waals surface area contributed by atoms with Gasteiger partial charge in [-0.3, -0.25) is 4.55 Å². The van der Waals surface area contributed by atoms with Crippen molar-refractivity contribution in [1.29, 1.82) is 0 Å². The Morgan fingerprint density at radius 2 is 1.81 bits per heavy atom. The third-order valence-corrected chi connectivity index (χ3v) is 4.56. The molecule has 5 heteroatoms. The fourth-order valence-electron chi connectivity index (χ4n) is 2.57. The predicted molar refractivity (Wildman–Crippen MR) is 79.1 cm³/mol. The number of rotatable bonds is 4. The third-order valence-electron chi connectivity index (χ3n) is 3.69. The Hall–Kier alpha value is -1.85. The van der Waals surface area contributed by atoms with Crippen molar-refractivity contribution in [2.24, 2.45) is 0 Å². The molecule has 0 fully saturated rings. The largest absolute Gasteiger partial charge is 0.490 e. The standard InChI is InChI=1S/C16H16O4S/c17-21(18,19)15-9-6-12(7-10-15)5-8-14-11-13-3-1-2-4-16(13)20-14/h1-4,6-7,9-10,14H,5,8,11H2,(H,17,18,19). The first-order valence-corrected chi connectivity index (χ1v) is 8.27. The second-order valence-corrected chi connectivity index (χ2v) is 6.63. The summed E-state index contributed by atoms with van der Waals surface area (Å²) in [4.78, 5) is -0.0734. The predicted octanol–water partition coefficient (Wildman–Crippen LogP) is 2.87. The number of ether oxygens (including phenoxy) is 1. The molecule has 0 saturated carbocycles. The average molecular weight is 304 g/mol. The molecule has 2 aromatic rings. The van der Waals surface area contributed by atoms with Gasteiger partial charge in [0.1, 0.15) is 11.9 Å². The molecule has 1 N–H and O–H groups in total. The summed E-state index contributed by atoms with van der Waals surface area (Å²) in [5, 5.41) is 0. The van der Waals surface area contributed by atoms with Gasteiger partial charge in [-0.05, 0) is 42.2 Å². The zero-order chi connectivity index (χ0) is 14.9. The van der Waals surface area contributed by atoms with Crippen molar-refractivity contribution in [2.75, 3.05) is 0 Å². The maximum absolute atomic E-state index is 11.0. The molecule has 0 amide bonds. The van der Waals surface area contributed by atoms with Crippen molar-refractivity contribution < 1.29 is 17.7 Å². The lowest BCUT2D eigenvalue weighted by atomic mass is 10.0. The summed E-state index contributed by atoms with van der Waals surface area (Å²) in [5.41, 5.74) is 2.27. The summed E-state index contributed by atoms with van der Waals surface area (Å²) >= 11 is 0. The van der Waals surface area contributed by atoms with Gasteiger partial charge in [-0.15, -0.1) is 0 Å². The van der Waals surface area contributed by atoms with E-state index in [0.29, 0.717) is 0 Å². The van der Waals surface area contributed by atoms with Crippen LogP contribution in [0, 0.1) is 0 Å². The molecule has 3 rings (SSSR count). The van der Waals surface area contributed by atoms with Gasteiger partial charge in [0, 0.05) is 6.42 Å². The Balaban J connectivity index is 1.60. The van der Waals surface area contributed by atoms with Gasteiger partial charge in [0.05, 0.1) is 4.90 Å². The molecule has 0 aliphatic carbocycles. The van der Waals surface area contributed by atoms with Crippen LogP contribution in [-0.2, 0) is 23.0 Å². The Labute approximate surface area is 124 Å². The normalized spacial score (nSPS) is 17.3. The molecule has 0 spiro atoms. The topological polar surface area (TPSA) is 63.6 Å². The molecule has 0 saturated heterocycles. The first-order chi connectivity index (χ1) is 10.0. The highest BCUT2D eigenvalue weighted by Gasteiger charge is 2.21. The Morgan fingerprint density at radius 1 is 1.10 bits per heavy atom. The summed E-state index contributed by atoms with van der Waals surface area (Å²) in [7, 11) is -4.11.